The Morgan fingerprint density at radius 2 is 1.11 bits per heavy atom. The van der Waals surface area contributed by atoms with Crippen LogP contribution in [0.25, 0.3) is 66.4 Å². The lowest BCUT2D eigenvalue weighted by Gasteiger charge is -2.40. The first kappa shape index (κ1) is 55.8. The van der Waals surface area contributed by atoms with Crippen molar-refractivity contribution in [2.75, 3.05) is 39.4 Å². The van der Waals surface area contributed by atoms with Gasteiger partial charge in [-0.2, -0.15) is 10.2 Å². The summed E-state index contributed by atoms with van der Waals surface area (Å²) < 4.78 is 30.9. The van der Waals surface area contributed by atoms with Gasteiger partial charge in [0.15, 0.2) is 21.7 Å². The Morgan fingerprint density at radius 1 is 0.642 bits per heavy atom. The molecule has 0 aliphatic carbocycles. The highest BCUT2D eigenvalue weighted by atomic mass is 35.5. The van der Waals surface area contributed by atoms with Crippen LogP contribution in [0.1, 0.15) is 91.1 Å². The molecular formula is C58H67ClN12O8S2. The molecule has 10 heterocycles. The molecule has 81 heavy (non-hydrogen) atoms. The van der Waals surface area contributed by atoms with Crippen molar-refractivity contribution in [3.63, 3.8) is 0 Å². The number of nitrogens with zero attached hydrogens (tertiary/aromatic N) is 12. The number of likely N-dealkylation sites (tertiary alicyclic amines) is 2. The third kappa shape index (κ3) is 12.4. The fourth-order valence-corrected chi connectivity index (χ4v) is 12.4. The number of hydrogen-bond donors (Lipinski definition) is 2. The van der Waals surface area contributed by atoms with Crippen molar-refractivity contribution in [2.24, 2.45) is 0 Å². The summed E-state index contributed by atoms with van der Waals surface area (Å²) in [7, 11) is 0. The Bertz CT molecular complexity index is 3630. The minimum Gasteiger partial charge on any atom is -0.492 e. The highest BCUT2D eigenvalue weighted by Crippen LogP contribution is 2.45. The SMILES string of the molecule is CC(C)(O)Cn1cc(-c2ccc3c(c2)OCCc2sc(-c4ncc(Cl)n4C4CN(C(=O)OC(C)(C)C)C4)nc2-3)cn1.CC(C)(O)Cn1cc(-c2ccc3c(c2)OCCc2sc(-c4nccn4C4CN(C(=O)OC(C)(C)C)C4)nc2-3)cn1. The van der Waals surface area contributed by atoms with Crippen LogP contribution < -0.4 is 9.47 Å². The highest BCUT2D eigenvalue weighted by Gasteiger charge is 2.39. The van der Waals surface area contributed by atoms with E-state index in [0.717, 1.165) is 94.7 Å². The lowest BCUT2D eigenvalue weighted by atomic mass is 10.0. The number of imidazole rings is 2. The van der Waals surface area contributed by atoms with Crippen LogP contribution in [-0.4, -0.2) is 143 Å². The summed E-state index contributed by atoms with van der Waals surface area (Å²) in [6.07, 6.45) is 13.7. The van der Waals surface area contributed by atoms with Gasteiger partial charge in [0.05, 0.1) is 79.6 Å². The molecule has 4 aliphatic heterocycles. The number of amides is 2. The van der Waals surface area contributed by atoms with Crippen LogP contribution in [0.4, 0.5) is 9.59 Å². The van der Waals surface area contributed by atoms with Crippen molar-refractivity contribution in [2.45, 2.75) is 130 Å². The molecule has 0 spiro atoms. The second kappa shape index (κ2) is 21.3. The lowest BCUT2D eigenvalue weighted by Crippen LogP contribution is -2.52. The standard InChI is InChI=1S/C29H33ClN6O4S.C29H34N6O4S/c1-28(2,3)40-27(37)34-14-19(15-34)36-23(30)12-31-25(36)26-33-24-20-7-6-17(10-21(20)39-9-8-22(24)41-26)18-11-32-35(13-18)16-29(4,5)38;1-28(2,3)39-27(36)33-15-20(16-33)35-10-9-30-25(35)26-32-24-21-7-6-18(12-22(21)38-11-8-23(24)40-26)19-13-31-34(14-19)17-29(4,5)37/h6-7,10-13,19,38H,8-9,14-16H2,1-5H3;6-7,9-10,12-14,20,37H,8,11,15-17H2,1-5H3. The van der Waals surface area contributed by atoms with E-state index in [0.29, 0.717) is 63.5 Å². The maximum absolute atomic E-state index is 12.5. The van der Waals surface area contributed by atoms with Gasteiger partial charge in [0.1, 0.15) is 27.9 Å². The van der Waals surface area contributed by atoms with Crippen LogP contribution in [0.2, 0.25) is 5.15 Å². The summed E-state index contributed by atoms with van der Waals surface area (Å²) in [5, 5.41) is 31.2. The summed E-state index contributed by atoms with van der Waals surface area (Å²) in [4.78, 5) is 49.9. The molecule has 0 bridgehead atoms. The fourth-order valence-electron chi connectivity index (χ4n) is 10.0. The van der Waals surface area contributed by atoms with E-state index in [-0.39, 0.29) is 24.3 Å². The smallest absolute Gasteiger partial charge is 0.410 e. The number of thiazole rings is 2. The molecular weight excluding hydrogens is 1090 g/mol. The highest BCUT2D eigenvalue weighted by molar-refractivity contribution is 7.15. The van der Waals surface area contributed by atoms with Crippen molar-refractivity contribution < 1.29 is 38.7 Å². The largest absolute Gasteiger partial charge is 0.492 e. The number of hydrogen-bond acceptors (Lipinski definition) is 16. The lowest BCUT2D eigenvalue weighted by molar-refractivity contribution is 0.000451. The van der Waals surface area contributed by atoms with Crippen molar-refractivity contribution in [3.8, 4) is 77.9 Å². The monoisotopic (exact) mass is 1160 g/mol. The zero-order valence-corrected chi connectivity index (χ0v) is 49.5. The number of benzene rings is 2. The second-order valence-electron chi connectivity index (χ2n) is 24.2. The normalized spacial score (nSPS) is 15.6. The van der Waals surface area contributed by atoms with Crippen molar-refractivity contribution in [3.05, 3.63) is 94.7 Å². The van der Waals surface area contributed by atoms with E-state index >= 15 is 0 Å². The molecule has 6 aromatic heterocycles. The zero-order valence-electron chi connectivity index (χ0n) is 47.1. The number of ether oxygens (including phenoxy) is 4. The van der Waals surface area contributed by atoms with E-state index in [1.807, 2.05) is 89.0 Å². The molecule has 0 saturated carbocycles. The summed E-state index contributed by atoms with van der Waals surface area (Å²) in [6, 6.07) is 12.4. The van der Waals surface area contributed by atoms with Gasteiger partial charge in [0.25, 0.3) is 0 Å². The first-order valence-electron chi connectivity index (χ1n) is 27.0. The maximum Gasteiger partial charge on any atom is 0.410 e. The van der Waals surface area contributed by atoms with Gasteiger partial charge < -0.3 is 48.1 Å². The average molecular weight is 1160 g/mol. The molecule has 2 saturated heterocycles. The summed E-state index contributed by atoms with van der Waals surface area (Å²) in [6.45, 7) is 22.3. The van der Waals surface area contributed by atoms with Crippen LogP contribution in [0.3, 0.4) is 0 Å². The molecule has 4 aliphatic rings. The third-order valence-electron chi connectivity index (χ3n) is 13.7. The molecule has 2 fully saturated rings. The van der Waals surface area contributed by atoms with Crippen molar-refractivity contribution >= 4 is 46.5 Å². The van der Waals surface area contributed by atoms with Crippen LogP contribution >= 0.6 is 34.3 Å². The van der Waals surface area contributed by atoms with Crippen molar-refractivity contribution in [1.82, 2.24) is 58.4 Å². The minimum absolute atomic E-state index is 0.00766. The molecule has 0 atom stereocenters. The van der Waals surface area contributed by atoms with Crippen LogP contribution in [0.5, 0.6) is 11.5 Å². The molecule has 0 unspecified atom stereocenters. The quantitative estimate of drug-likeness (QED) is 0.130. The van der Waals surface area contributed by atoms with Crippen LogP contribution in [0.15, 0.2) is 79.8 Å². The summed E-state index contributed by atoms with van der Waals surface area (Å²) >= 11 is 9.82. The Morgan fingerprint density at radius 3 is 1.58 bits per heavy atom. The van der Waals surface area contributed by atoms with E-state index in [1.165, 1.54) is 0 Å². The van der Waals surface area contributed by atoms with Gasteiger partial charge in [-0.3, -0.25) is 9.36 Å². The molecule has 8 aromatic rings. The zero-order chi connectivity index (χ0) is 57.3. The molecule has 2 amide bonds. The predicted molar refractivity (Wildman–Crippen MR) is 310 cm³/mol. The fraction of sp³-hybridized carbons (Fsp3) is 0.448. The van der Waals surface area contributed by atoms with E-state index in [9.17, 15) is 19.8 Å². The van der Waals surface area contributed by atoms with E-state index < -0.39 is 22.4 Å². The van der Waals surface area contributed by atoms with Gasteiger partial charge in [-0.05, 0) is 105 Å². The third-order valence-corrected chi connectivity index (χ3v) is 16.2. The Hall–Kier alpha value is -7.11. The van der Waals surface area contributed by atoms with Gasteiger partial charge in [-0.25, -0.2) is 29.5 Å². The number of aliphatic hydroxyl groups is 2. The van der Waals surface area contributed by atoms with Gasteiger partial charge in [0, 0.05) is 95.8 Å². The topological polar surface area (TPSA) is 215 Å². The van der Waals surface area contributed by atoms with Gasteiger partial charge in [-0.15, -0.1) is 22.7 Å². The number of aromatic nitrogens is 10. The van der Waals surface area contributed by atoms with E-state index in [1.54, 1.807) is 94.3 Å². The Kier molecular flexibility index (Phi) is 14.7. The molecule has 23 heteroatoms. The van der Waals surface area contributed by atoms with Crippen molar-refractivity contribution in [1.29, 1.82) is 0 Å². The number of carbonyl (C=O) groups excluding carboxylic acids is 2. The van der Waals surface area contributed by atoms with Crippen LogP contribution in [0, 0.1) is 0 Å². The number of fused-ring (bicyclic) bond motifs is 6. The first-order chi connectivity index (χ1) is 38.3. The Labute approximate surface area is 482 Å². The summed E-state index contributed by atoms with van der Waals surface area (Å²) in [5.41, 5.74) is 4.82. The van der Waals surface area contributed by atoms with Gasteiger partial charge in [-0.1, -0.05) is 23.7 Å². The van der Waals surface area contributed by atoms with E-state index in [2.05, 4.69) is 36.9 Å². The number of halogens is 1. The summed E-state index contributed by atoms with van der Waals surface area (Å²) in [5.74, 6) is 3.06. The first-order valence-corrected chi connectivity index (χ1v) is 29.1. The van der Waals surface area contributed by atoms with Gasteiger partial charge >= 0.3 is 12.2 Å². The van der Waals surface area contributed by atoms with E-state index in [4.69, 9.17) is 40.5 Å². The number of carbonyl (C=O) groups is 2. The molecule has 2 N–H and O–H groups in total. The average Bonchev–Trinajstić information content (AvgIpc) is 4.32. The molecule has 2 aromatic carbocycles. The second-order valence-corrected chi connectivity index (χ2v) is 26.7. The Balaban J connectivity index is 0.000000170. The maximum atomic E-state index is 12.5. The molecule has 0 radical (unpaired) electrons. The van der Waals surface area contributed by atoms with Crippen LogP contribution in [-0.2, 0) is 35.4 Å². The molecule has 426 valence electrons. The number of rotatable bonds is 10. The van der Waals surface area contributed by atoms with Gasteiger partial charge in [0.2, 0.25) is 0 Å². The molecule has 20 nitrogen and oxygen atoms in total. The predicted octanol–water partition coefficient (Wildman–Crippen LogP) is 10.7. The molecule has 12 rings (SSSR count). The minimum atomic E-state index is -0.853.